The summed E-state index contributed by atoms with van der Waals surface area (Å²) >= 11 is 0. The van der Waals surface area contributed by atoms with Gasteiger partial charge in [0.15, 0.2) is 0 Å². The van der Waals surface area contributed by atoms with Crippen molar-refractivity contribution in [2.75, 3.05) is 13.1 Å². The maximum atomic E-state index is 11.7. The van der Waals surface area contributed by atoms with Crippen LogP contribution in [0.4, 0.5) is 0 Å². The van der Waals surface area contributed by atoms with Crippen LogP contribution in [0.1, 0.15) is 18.0 Å². The highest BCUT2D eigenvalue weighted by Gasteiger charge is 2.29. The van der Waals surface area contributed by atoms with Crippen molar-refractivity contribution in [3.05, 3.63) is 35.9 Å². The zero-order chi connectivity index (χ0) is 11.5. The molecule has 1 fully saturated rings. The van der Waals surface area contributed by atoms with E-state index >= 15 is 0 Å². The number of aliphatic hydroxyl groups is 1. The van der Waals surface area contributed by atoms with Gasteiger partial charge < -0.3 is 15.7 Å². The van der Waals surface area contributed by atoms with Gasteiger partial charge in [-0.05, 0) is 5.56 Å². The van der Waals surface area contributed by atoms with Crippen molar-refractivity contribution in [2.45, 2.75) is 18.6 Å². The Morgan fingerprint density at radius 3 is 2.62 bits per heavy atom. The number of likely N-dealkylation sites (tertiary alicyclic amines) is 1. The van der Waals surface area contributed by atoms with Crippen molar-refractivity contribution in [1.82, 2.24) is 4.90 Å². The lowest BCUT2D eigenvalue weighted by Gasteiger charge is -2.36. The molecule has 4 nitrogen and oxygen atoms in total. The van der Waals surface area contributed by atoms with Crippen LogP contribution in [0.2, 0.25) is 0 Å². The van der Waals surface area contributed by atoms with Crippen LogP contribution in [-0.4, -0.2) is 35.1 Å². The Balaban J connectivity index is 1.88. The highest BCUT2D eigenvalue weighted by atomic mass is 16.3. The summed E-state index contributed by atoms with van der Waals surface area (Å²) in [6.45, 7) is 0.890. The lowest BCUT2D eigenvalue weighted by Crippen LogP contribution is -2.53. The van der Waals surface area contributed by atoms with Gasteiger partial charge in [0.25, 0.3) is 0 Å². The smallest absolute Gasteiger partial charge is 0.224 e. The van der Waals surface area contributed by atoms with Crippen LogP contribution in [0.3, 0.4) is 0 Å². The largest absolute Gasteiger partial charge is 0.389 e. The van der Waals surface area contributed by atoms with Gasteiger partial charge in [0.1, 0.15) is 0 Å². The zero-order valence-electron chi connectivity index (χ0n) is 9.04. The van der Waals surface area contributed by atoms with E-state index in [1.54, 1.807) is 4.90 Å². The zero-order valence-corrected chi connectivity index (χ0v) is 9.04. The van der Waals surface area contributed by atoms with Crippen molar-refractivity contribution in [3.8, 4) is 0 Å². The molecule has 0 spiro atoms. The van der Waals surface area contributed by atoms with E-state index in [1.165, 1.54) is 0 Å². The van der Waals surface area contributed by atoms with Crippen molar-refractivity contribution in [3.63, 3.8) is 0 Å². The average Bonchev–Trinajstić information content (AvgIpc) is 2.26. The molecule has 1 heterocycles. The molecule has 1 unspecified atom stereocenters. The van der Waals surface area contributed by atoms with Gasteiger partial charge in [-0.25, -0.2) is 0 Å². The first-order valence-corrected chi connectivity index (χ1v) is 5.43. The number of amides is 1. The van der Waals surface area contributed by atoms with Gasteiger partial charge in [0.2, 0.25) is 5.91 Å². The fourth-order valence-electron chi connectivity index (χ4n) is 1.79. The molecule has 16 heavy (non-hydrogen) atoms. The summed E-state index contributed by atoms with van der Waals surface area (Å²) in [5.74, 6) is 0.0154. The van der Waals surface area contributed by atoms with E-state index in [9.17, 15) is 4.79 Å². The van der Waals surface area contributed by atoms with Gasteiger partial charge in [-0.15, -0.1) is 0 Å². The minimum absolute atomic E-state index is 0.0154. The minimum Gasteiger partial charge on any atom is -0.389 e. The predicted octanol–water partition coefficient (Wildman–Crippen LogP) is 0.280. The second-order valence-corrected chi connectivity index (χ2v) is 4.17. The maximum absolute atomic E-state index is 11.7. The van der Waals surface area contributed by atoms with Gasteiger partial charge in [-0.1, -0.05) is 30.3 Å². The molecule has 0 aromatic heterocycles. The number of hydrogen-bond acceptors (Lipinski definition) is 3. The number of rotatable bonds is 3. The van der Waals surface area contributed by atoms with Gasteiger partial charge in [-0.3, -0.25) is 4.79 Å². The van der Waals surface area contributed by atoms with E-state index in [0.29, 0.717) is 19.5 Å². The van der Waals surface area contributed by atoms with Crippen LogP contribution in [0, 0.1) is 0 Å². The van der Waals surface area contributed by atoms with Crippen LogP contribution < -0.4 is 5.73 Å². The first-order valence-electron chi connectivity index (χ1n) is 5.43. The Morgan fingerprint density at radius 2 is 2.06 bits per heavy atom. The van der Waals surface area contributed by atoms with E-state index in [4.69, 9.17) is 10.8 Å². The summed E-state index contributed by atoms with van der Waals surface area (Å²) in [7, 11) is 0. The molecular weight excluding hydrogens is 204 g/mol. The average molecular weight is 220 g/mol. The minimum atomic E-state index is -0.350. The molecule has 1 aliphatic heterocycles. The molecule has 86 valence electrons. The Bertz CT molecular complexity index is 361. The molecule has 0 bridgehead atoms. The third-order valence-corrected chi connectivity index (χ3v) is 2.84. The van der Waals surface area contributed by atoms with E-state index in [2.05, 4.69) is 0 Å². The Morgan fingerprint density at radius 1 is 1.44 bits per heavy atom. The highest BCUT2D eigenvalue weighted by Crippen LogP contribution is 2.17. The molecule has 0 aliphatic carbocycles. The van der Waals surface area contributed by atoms with Crippen LogP contribution in [-0.2, 0) is 4.79 Å². The molecule has 3 N–H and O–H groups in total. The molecule has 1 aliphatic rings. The third kappa shape index (κ3) is 2.40. The summed E-state index contributed by atoms with van der Waals surface area (Å²) in [6.07, 6.45) is -0.0478. The van der Waals surface area contributed by atoms with Gasteiger partial charge in [0, 0.05) is 25.6 Å². The van der Waals surface area contributed by atoms with E-state index in [1.807, 2.05) is 30.3 Å². The quantitative estimate of drug-likeness (QED) is 0.769. The van der Waals surface area contributed by atoms with E-state index < -0.39 is 0 Å². The summed E-state index contributed by atoms with van der Waals surface area (Å²) < 4.78 is 0. The van der Waals surface area contributed by atoms with Crippen molar-refractivity contribution in [2.24, 2.45) is 5.73 Å². The number of nitrogens with two attached hydrogens (primary N) is 1. The SMILES string of the molecule is NC(CC(=O)N1CC(O)C1)c1ccccc1. The Labute approximate surface area is 94.7 Å². The first kappa shape index (κ1) is 11.1. The van der Waals surface area contributed by atoms with Crippen molar-refractivity contribution >= 4 is 5.91 Å². The summed E-state index contributed by atoms with van der Waals surface area (Å²) in [4.78, 5) is 13.3. The fraction of sp³-hybridized carbons (Fsp3) is 0.417. The van der Waals surface area contributed by atoms with Crippen molar-refractivity contribution < 1.29 is 9.90 Å². The Hall–Kier alpha value is -1.39. The monoisotopic (exact) mass is 220 g/mol. The van der Waals surface area contributed by atoms with Crippen LogP contribution in [0.25, 0.3) is 0 Å². The van der Waals surface area contributed by atoms with Crippen LogP contribution in [0.5, 0.6) is 0 Å². The molecule has 0 saturated carbocycles. The molecule has 2 rings (SSSR count). The van der Waals surface area contributed by atoms with E-state index in [0.717, 1.165) is 5.56 Å². The van der Waals surface area contributed by atoms with Crippen LogP contribution in [0.15, 0.2) is 30.3 Å². The lowest BCUT2D eigenvalue weighted by atomic mass is 10.0. The number of carbonyl (C=O) groups is 1. The lowest BCUT2D eigenvalue weighted by molar-refractivity contribution is -0.141. The normalized spacial score (nSPS) is 18.0. The molecule has 1 saturated heterocycles. The summed E-state index contributed by atoms with van der Waals surface area (Å²) in [5, 5.41) is 9.09. The number of carbonyl (C=O) groups excluding carboxylic acids is 1. The van der Waals surface area contributed by atoms with Gasteiger partial charge in [-0.2, -0.15) is 0 Å². The number of β-amino-alcohol motifs (C(OH)–C–C–N with tert-alkyl or cyclic N) is 1. The highest BCUT2D eigenvalue weighted by molar-refractivity contribution is 5.78. The van der Waals surface area contributed by atoms with Gasteiger partial charge >= 0.3 is 0 Å². The number of aliphatic hydroxyl groups excluding tert-OH is 1. The molecule has 1 atom stereocenters. The summed E-state index contributed by atoms with van der Waals surface area (Å²) in [6, 6.07) is 9.32. The number of benzene rings is 1. The number of nitrogens with zero attached hydrogens (tertiary/aromatic N) is 1. The molecule has 1 aromatic rings. The molecule has 1 aromatic carbocycles. The second-order valence-electron chi connectivity index (χ2n) is 4.17. The van der Waals surface area contributed by atoms with Gasteiger partial charge in [0.05, 0.1) is 6.10 Å². The second kappa shape index (κ2) is 4.63. The topological polar surface area (TPSA) is 66.6 Å². The molecular formula is C12H16N2O2. The van der Waals surface area contributed by atoms with Crippen LogP contribution >= 0.6 is 0 Å². The predicted molar refractivity (Wildman–Crippen MR) is 60.6 cm³/mol. The fourth-order valence-corrected chi connectivity index (χ4v) is 1.79. The van der Waals surface area contributed by atoms with Crippen molar-refractivity contribution in [1.29, 1.82) is 0 Å². The standard InChI is InChI=1S/C12H16N2O2/c13-11(9-4-2-1-3-5-9)6-12(16)14-7-10(15)8-14/h1-5,10-11,15H,6-8,13H2. The number of hydrogen-bond donors (Lipinski definition) is 2. The van der Waals surface area contributed by atoms with E-state index in [-0.39, 0.29) is 18.1 Å². The molecule has 4 heteroatoms. The first-order chi connectivity index (χ1) is 7.66. The summed E-state index contributed by atoms with van der Waals surface area (Å²) in [5.41, 5.74) is 6.91. The third-order valence-electron chi connectivity index (χ3n) is 2.84. The Kier molecular flexibility index (Phi) is 3.22. The molecule has 1 amide bonds. The molecule has 0 radical (unpaired) electrons. The maximum Gasteiger partial charge on any atom is 0.224 e.